The quantitative estimate of drug-likeness (QED) is 0.379. The molecule has 2 rings (SSSR count). The summed E-state index contributed by atoms with van der Waals surface area (Å²) in [5.41, 5.74) is 7.65. The van der Waals surface area contributed by atoms with Gasteiger partial charge in [-0.1, -0.05) is 0 Å². The molecule has 0 bridgehead atoms. The molecule has 0 fully saturated rings. The molecular formula is C24H43Cl2OSi2Ti. The van der Waals surface area contributed by atoms with E-state index in [0.29, 0.717) is 5.92 Å². The van der Waals surface area contributed by atoms with Crippen molar-refractivity contribution in [3.8, 4) is 5.75 Å². The molecule has 0 aliphatic heterocycles. The maximum atomic E-state index is 7.19. The van der Waals surface area contributed by atoms with Gasteiger partial charge in [0.25, 0.3) is 0 Å². The van der Waals surface area contributed by atoms with E-state index in [1.165, 1.54) is 22.4 Å². The Morgan fingerprint density at radius 3 is 1.80 bits per heavy atom. The largest absolute Gasteiger partial charge is 0.147 e. The van der Waals surface area contributed by atoms with Crippen molar-refractivity contribution in [3.63, 3.8) is 0 Å². The molecule has 171 valence electrons. The van der Waals surface area contributed by atoms with E-state index in [0.717, 1.165) is 0 Å². The molecule has 0 saturated heterocycles. The Morgan fingerprint density at radius 2 is 1.43 bits per heavy atom. The molecular weight excluding hydrogens is 479 g/mol. The van der Waals surface area contributed by atoms with Crippen molar-refractivity contribution in [1.82, 2.24) is 0 Å². The molecule has 1 aliphatic carbocycles. The van der Waals surface area contributed by atoms with Gasteiger partial charge in [-0.2, -0.15) is 0 Å². The third-order valence-corrected chi connectivity index (χ3v) is 18.6. The third-order valence-electron chi connectivity index (χ3n) is 6.32. The number of hydrogen-bond donors (Lipinski definition) is 0. The topological polar surface area (TPSA) is 9.23 Å². The van der Waals surface area contributed by atoms with Gasteiger partial charge in [0, 0.05) is 0 Å². The number of hydrogen-bond acceptors (Lipinski definition) is 1. The van der Waals surface area contributed by atoms with E-state index in [1.54, 1.807) is 20.2 Å². The Balaban J connectivity index is 0.00000420. The summed E-state index contributed by atoms with van der Waals surface area (Å²) in [6.07, 6.45) is 0. The number of aryl methyl sites for hydroxylation is 1. The van der Waals surface area contributed by atoms with Crippen LogP contribution in [0.15, 0.2) is 32.7 Å². The van der Waals surface area contributed by atoms with Gasteiger partial charge in [-0.15, -0.1) is 24.8 Å². The molecule has 1 aromatic rings. The Hall–Kier alpha value is 0.228. The second-order valence-corrected chi connectivity index (χ2v) is 25.4. The van der Waals surface area contributed by atoms with E-state index in [4.69, 9.17) is 3.32 Å². The predicted molar refractivity (Wildman–Crippen MR) is 143 cm³/mol. The van der Waals surface area contributed by atoms with Crippen molar-refractivity contribution < 1.29 is 20.8 Å². The van der Waals surface area contributed by atoms with Crippen LogP contribution in [0.2, 0.25) is 26.2 Å². The van der Waals surface area contributed by atoms with Crippen LogP contribution in [0.1, 0.15) is 59.6 Å². The van der Waals surface area contributed by atoms with Crippen molar-refractivity contribution >= 4 is 45.5 Å². The van der Waals surface area contributed by atoms with Crippen LogP contribution < -0.4 is 8.51 Å². The number of allylic oxidation sites excluding steroid dienone is 4. The normalized spacial score (nSPS) is 16.8. The van der Waals surface area contributed by atoms with Crippen molar-refractivity contribution in [2.24, 2.45) is 5.92 Å². The average molecular weight is 523 g/mol. The summed E-state index contributed by atoms with van der Waals surface area (Å²) < 4.78 is 8.90. The van der Waals surface area contributed by atoms with E-state index in [2.05, 4.69) is 93.7 Å². The van der Waals surface area contributed by atoms with Crippen LogP contribution in [0.3, 0.4) is 0 Å². The molecule has 1 atom stereocenters. The van der Waals surface area contributed by atoms with Crippen molar-refractivity contribution in [3.05, 3.63) is 43.9 Å². The first kappa shape index (κ1) is 30.2. The van der Waals surface area contributed by atoms with Gasteiger partial charge >= 0.3 is 184 Å². The molecule has 6 heteroatoms. The second-order valence-electron chi connectivity index (χ2n) is 10.3. The standard InChI is InChI=1S/C13H22OSi.C9H13.C2H7Si.2ClH.Ti/c1-9-7-10(13(2,3)4)12(15(5)6)11(14)8-9;1-6-5-7(2)9(4)8(6)3;1-3-2;;;/h7-8,14-15H,1-6H3;6H,1-4H3;3H,1-2H3;2*1H;/q;;;;;+1/p-1. The summed E-state index contributed by atoms with van der Waals surface area (Å²) in [4.78, 5) is 0. The first-order valence-electron chi connectivity index (χ1n) is 10.9. The maximum absolute atomic E-state index is 7.19. The summed E-state index contributed by atoms with van der Waals surface area (Å²) in [6, 6.07) is 4.77. The Morgan fingerprint density at radius 1 is 0.900 bits per heavy atom. The van der Waals surface area contributed by atoms with Crippen molar-refractivity contribution in [2.45, 2.75) is 87.0 Å². The van der Waals surface area contributed by atoms with Gasteiger partial charge in [0.2, 0.25) is 0 Å². The Labute approximate surface area is 207 Å². The first-order valence-corrected chi connectivity index (χ1v) is 20.8. The van der Waals surface area contributed by atoms with Gasteiger partial charge < -0.3 is 0 Å². The number of benzene rings is 1. The van der Waals surface area contributed by atoms with Gasteiger partial charge in [0.15, 0.2) is 0 Å². The summed E-state index contributed by atoms with van der Waals surface area (Å²) in [6.45, 7) is 27.7. The molecule has 1 nitrogen and oxygen atoms in total. The fraction of sp³-hybridized carbons (Fsp3) is 0.583. The third kappa shape index (κ3) is 6.17. The minimum Gasteiger partial charge on any atom is -0.147 e. The van der Waals surface area contributed by atoms with Gasteiger partial charge in [-0.3, -0.25) is 0 Å². The Kier molecular flexibility index (Phi) is 11.5. The van der Waals surface area contributed by atoms with Gasteiger partial charge in [0.1, 0.15) is 0 Å². The minimum absolute atomic E-state index is 0. The van der Waals surface area contributed by atoms with Crippen LogP contribution >= 0.6 is 24.8 Å². The van der Waals surface area contributed by atoms with Crippen molar-refractivity contribution in [1.29, 1.82) is 0 Å². The maximum Gasteiger partial charge on any atom is -0.147 e. The molecule has 1 aromatic carbocycles. The molecule has 1 aliphatic rings. The first-order chi connectivity index (χ1) is 12.8. The second kappa shape index (κ2) is 11.4. The molecule has 0 heterocycles. The SMILES string of the molecule is CC1=C(C)C(C)[C]([Ti]([O]c2cc(C)cc(C(C)(C)C)c2[SiH](C)C)[SiH](C)C)=C1C.Cl.Cl. The molecule has 0 radical (unpaired) electrons. The molecule has 30 heavy (non-hydrogen) atoms. The number of rotatable bonds is 5. The molecule has 0 aromatic heterocycles. The van der Waals surface area contributed by atoms with Crippen LogP contribution in [0.4, 0.5) is 0 Å². The molecule has 0 saturated carbocycles. The van der Waals surface area contributed by atoms with Crippen LogP contribution in [-0.4, -0.2) is 15.5 Å². The average Bonchev–Trinajstić information content (AvgIpc) is 2.74. The summed E-state index contributed by atoms with van der Waals surface area (Å²) >= 11 is -1.79. The van der Waals surface area contributed by atoms with Gasteiger partial charge in [0.05, 0.1) is 0 Å². The van der Waals surface area contributed by atoms with Crippen LogP contribution in [0.5, 0.6) is 5.75 Å². The minimum atomic E-state index is -1.79. The molecule has 0 N–H and O–H groups in total. The zero-order valence-electron chi connectivity index (χ0n) is 21.1. The van der Waals surface area contributed by atoms with Gasteiger partial charge in [-0.25, -0.2) is 0 Å². The fourth-order valence-corrected chi connectivity index (χ4v) is 16.5. The van der Waals surface area contributed by atoms with E-state index in [1.807, 2.05) is 0 Å². The molecule has 1 unspecified atom stereocenters. The molecule has 0 spiro atoms. The fourth-order valence-electron chi connectivity index (χ4n) is 4.43. The predicted octanol–water partition coefficient (Wildman–Crippen LogP) is 6.99. The van der Waals surface area contributed by atoms with Crippen LogP contribution in [0, 0.1) is 12.8 Å². The van der Waals surface area contributed by atoms with E-state index < -0.39 is 33.0 Å². The molecule has 0 amide bonds. The summed E-state index contributed by atoms with van der Waals surface area (Å²) in [5, 5.41) is 1.57. The van der Waals surface area contributed by atoms with Crippen LogP contribution in [0.25, 0.3) is 0 Å². The van der Waals surface area contributed by atoms with E-state index >= 15 is 0 Å². The number of halogens is 2. The summed E-state index contributed by atoms with van der Waals surface area (Å²) in [7, 11) is -1.02. The monoisotopic (exact) mass is 521 g/mol. The Bertz CT molecular complexity index is 823. The zero-order chi connectivity index (χ0) is 21.5. The van der Waals surface area contributed by atoms with Crippen molar-refractivity contribution in [2.75, 3.05) is 0 Å². The smallest absolute Gasteiger partial charge is 0.147 e. The van der Waals surface area contributed by atoms with Crippen LogP contribution in [-0.2, 0) is 22.9 Å². The summed E-state index contributed by atoms with van der Waals surface area (Å²) in [5.74, 6) is 1.83. The van der Waals surface area contributed by atoms with Gasteiger partial charge in [-0.05, 0) is 0 Å². The van der Waals surface area contributed by atoms with E-state index in [9.17, 15) is 0 Å². The zero-order valence-corrected chi connectivity index (χ0v) is 26.6. The van der Waals surface area contributed by atoms with E-state index in [-0.39, 0.29) is 30.2 Å².